The molecule has 0 radical (unpaired) electrons. The highest BCUT2D eigenvalue weighted by atomic mass is 32.2. The van der Waals surface area contributed by atoms with E-state index in [0.717, 1.165) is 11.0 Å². The Bertz CT molecular complexity index is 598. The average molecular weight is 302 g/mol. The fourth-order valence-electron chi connectivity index (χ4n) is 2.26. The van der Waals surface area contributed by atoms with Gasteiger partial charge in [-0.05, 0) is 12.1 Å². The van der Waals surface area contributed by atoms with E-state index in [9.17, 15) is 17.6 Å². The number of carbonyl (C=O) groups excluding carboxylic acids is 1. The highest BCUT2D eigenvalue weighted by molar-refractivity contribution is 7.89. The van der Waals surface area contributed by atoms with E-state index in [1.165, 1.54) is 22.5 Å². The van der Waals surface area contributed by atoms with Crippen molar-refractivity contribution in [3.05, 3.63) is 30.1 Å². The quantitative estimate of drug-likeness (QED) is 0.688. The molecule has 0 spiro atoms. The number of hydrogen-bond acceptors (Lipinski definition) is 3. The summed E-state index contributed by atoms with van der Waals surface area (Å²) in [7, 11) is -3.82. The van der Waals surface area contributed by atoms with Crippen molar-refractivity contribution in [2.24, 2.45) is 5.73 Å². The van der Waals surface area contributed by atoms with Gasteiger partial charge >= 0.3 is 0 Å². The van der Waals surface area contributed by atoms with Crippen LogP contribution in [0.1, 0.15) is 0 Å². The Kier molecular flexibility index (Phi) is 4.36. The highest BCUT2D eigenvalue weighted by Gasteiger charge is 2.32. The largest absolute Gasteiger partial charge is 0.365 e. The van der Waals surface area contributed by atoms with Crippen LogP contribution in [0.3, 0.4) is 0 Å². The van der Waals surface area contributed by atoms with Gasteiger partial charge in [-0.3, -0.25) is 4.79 Å². The second kappa shape index (κ2) is 5.86. The summed E-state index contributed by atoms with van der Waals surface area (Å²) in [6.07, 6.45) is 0. The third-order valence-electron chi connectivity index (χ3n) is 3.31. The van der Waals surface area contributed by atoms with Crippen LogP contribution in [0.15, 0.2) is 29.2 Å². The van der Waals surface area contributed by atoms with E-state index in [-0.39, 0.29) is 24.5 Å². The first-order valence-electron chi connectivity index (χ1n) is 6.28. The first-order valence-corrected chi connectivity index (χ1v) is 7.72. The number of amides is 1. The summed E-state index contributed by atoms with van der Waals surface area (Å²) >= 11 is 0. The Balaban J connectivity index is 2.10. The van der Waals surface area contributed by atoms with E-state index in [1.807, 2.05) is 0 Å². The standard InChI is InChI=1S/C12H16FN3O3S/c13-10-3-1-2-4-11(10)20(18,19)16-7-5-15(6-8-16)9-12(14)17/h1-4H,5-9H2,(H2,14,17)/p+1. The molecule has 110 valence electrons. The molecule has 8 heteroatoms. The number of hydrogen-bond donors (Lipinski definition) is 2. The van der Waals surface area contributed by atoms with Gasteiger partial charge in [-0.15, -0.1) is 0 Å². The number of primary amides is 1. The molecule has 20 heavy (non-hydrogen) atoms. The van der Waals surface area contributed by atoms with Crippen molar-refractivity contribution in [2.75, 3.05) is 32.7 Å². The van der Waals surface area contributed by atoms with Gasteiger partial charge in [-0.2, -0.15) is 4.31 Å². The lowest BCUT2D eigenvalue weighted by Crippen LogP contribution is -3.15. The van der Waals surface area contributed by atoms with Crippen LogP contribution in [0.4, 0.5) is 4.39 Å². The second-order valence-electron chi connectivity index (χ2n) is 4.73. The third kappa shape index (κ3) is 3.14. The third-order valence-corrected chi connectivity index (χ3v) is 5.24. The Labute approximate surface area is 117 Å². The van der Waals surface area contributed by atoms with Crippen molar-refractivity contribution in [1.82, 2.24) is 4.31 Å². The smallest absolute Gasteiger partial charge is 0.272 e. The lowest BCUT2D eigenvalue weighted by Gasteiger charge is -2.30. The molecule has 1 aromatic rings. The molecule has 0 unspecified atom stereocenters. The molecule has 1 saturated heterocycles. The van der Waals surface area contributed by atoms with Crippen LogP contribution in [0, 0.1) is 5.82 Å². The Morgan fingerprint density at radius 1 is 1.30 bits per heavy atom. The molecule has 1 aliphatic rings. The number of carbonyl (C=O) groups is 1. The van der Waals surface area contributed by atoms with Gasteiger partial charge in [0.25, 0.3) is 5.91 Å². The number of benzene rings is 1. The average Bonchev–Trinajstić information content (AvgIpc) is 2.39. The molecule has 3 N–H and O–H groups in total. The zero-order chi connectivity index (χ0) is 14.8. The van der Waals surface area contributed by atoms with E-state index in [0.29, 0.717) is 13.1 Å². The van der Waals surface area contributed by atoms with Gasteiger partial charge < -0.3 is 10.6 Å². The second-order valence-corrected chi connectivity index (χ2v) is 6.63. The molecule has 1 amide bonds. The fraction of sp³-hybridized carbons (Fsp3) is 0.417. The van der Waals surface area contributed by atoms with Gasteiger partial charge in [0, 0.05) is 0 Å². The summed E-state index contributed by atoms with van der Waals surface area (Å²) in [6.45, 7) is 1.65. The number of halogens is 1. The van der Waals surface area contributed by atoms with Crippen LogP contribution in [0.2, 0.25) is 0 Å². The first kappa shape index (κ1) is 14.9. The van der Waals surface area contributed by atoms with Crippen LogP contribution in [0.5, 0.6) is 0 Å². The normalized spacial score (nSPS) is 18.1. The van der Waals surface area contributed by atoms with Crippen LogP contribution in [-0.2, 0) is 14.8 Å². The SMILES string of the molecule is NC(=O)C[NH+]1CCN(S(=O)(=O)c2ccccc2F)CC1. The van der Waals surface area contributed by atoms with Crippen LogP contribution >= 0.6 is 0 Å². The summed E-state index contributed by atoms with van der Waals surface area (Å²) in [5.41, 5.74) is 5.11. The van der Waals surface area contributed by atoms with Crippen LogP contribution in [0.25, 0.3) is 0 Å². The predicted octanol–water partition coefficient (Wildman–Crippen LogP) is -1.80. The summed E-state index contributed by atoms with van der Waals surface area (Å²) in [6, 6.07) is 5.32. The van der Waals surface area contributed by atoms with Crippen LogP contribution < -0.4 is 10.6 Å². The Morgan fingerprint density at radius 2 is 1.90 bits per heavy atom. The van der Waals surface area contributed by atoms with Crippen molar-refractivity contribution < 1.29 is 22.5 Å². The van der Waals surface area contributed by atoms with E-state index in [1.54, 1.807) is 0 Å². The summed E-state index contributed by atoms with van der Waals surface area (Å²) in [5, 5.41) is 0. The number of nitrogens with one attached hydrogen (secondary N) is 1. The number of quaternary nitrogens is 1. The molecular weight excluding hydrogens is 285 g/mol. The zero-order valence-electron chi connectivity index (χ0n) is 10.9. The number of piperazine rings is 1. The molecule has 1 aliphatic heterocycles. The number of sulfonamides is 1. The number of nitrogens with two attached hydrogens (primary N) is 1. The monoisotopic (exact) mass is 302 g/mol. The number of nitrogens with zero attached hydrogens (tertiary/aromatic N) is 1. The topological polar surface area (TPSA) is 84.9 Å². The maximum absolute atomic E-state index is 13.6. The van der Waals surface area contributed by atoms with Crippen molar-refractivity contribution >= 4 is 15.9 Å². The Hall–Kier alpha value is -1.51. The van der Waals surface area contributed by atoms with Gasteiger partial charge in [0.05, 0.1) is 26.2 Å². The summed E-state index contributed by atoms with van der Waals surface area (Å²) in [5.74, 6) is -1.16. The molecule has 1 heterocycles. The van der Waals surface area contributed by atoms with Crippen molar-refractivity contribution in [2.45, 2.75) is 4.90 Å². The predicted molar refractivity (Wildman–Crippen MR) is 69.9 cm³/mol. The molecular formula is C12H17FN3O3S+. The van der Waals surface area contributed by atoms with Crippen molar-refractivity contribution in [1.29, 1.82) is 0 Å². The van der Waals surface area contributed by atoms with Crippen LogP contribution in [-0.4, -0.2) is 51.4 Å². The maximum Gasteiger partial charge on any atom is 0.272 e. The minimum Gasteiger partial charge on any atom is -0.365 e. The van der Waals surface area contributed by atoms with E-state index in [4.69, 9.17) is 5.73 Å². The van der Waals surface area contributed by atoms with Gasteiger partial charge in [-0.25, -0.2) is 12.8 Å². The number of rotatable bonds is 4. The lowest BCUT2D eigenvalue weighted by molar-refractivity contribution is -0.895. The van der Waals surface area contributed by atoms with Gasteiger partial charge in [-0.1, -0.05) is 12.1 Å². The van der Waals surface area contributed by atoms with Gasteiger partial charge in [0.2, 0.25) is 10.0 Å². The minimum atomic E-state index is -3.82. The van der Waals surface area contributed by atoms with E-state index >= 15 is 0 Å². The lowest BCUT2D eigenvalue weighted by atomic mass is 10.3. The molecule has 0 aromatic heterocycles. The molecule has 6 nitrogen and oxygen atoms in total. The molecule has 0 bridgehead atoms. The zero-order valence-corrected chi connectivity index (χ0v) is 11.7. The molecule has 0 saturated carbocycles. The van der Waals surface area contributed by atoms with Gasteiger partial charge in [0.15, 0.2) is 6.54 Å². The maximum atomic E-state index is 13.6. The fourth-order valence-corrected chi connectivity index (χ4v) is 3.77. The summed E-state index contributed by atoms with van der Waals surface area (Å²) < 4.78 is 39.5. The molecule has 1 aromatic carbocycles. The van der Waals surface area contributed by atoms with Gasteiger partial charge in [0.1, 0.15) is 10.7 Å². The van der Waals surface area contributed by atoms with E-state index < -0.39 is 21.7 Å². The molecule has 1 fully saturated rings. The summed E-state index contributed by atoms with van der Waals surface area (Å²) in [4.78, 5) is 11.5. The highest BCUT2D eigenvalue weighted by Crippen LogP contribution is 2.18. The van der Waals surface area contributed by atoms with E-state index in [2.05, 4.69) is 0 Å². The first-order chi connectivity index (χ1) is 9.41. The Morgan fingerprint density at radius 3 is 2.45 bits per heavy atom. The van der Waals surface area contributed by atoms with Crippen molar-refractivity contribution in [3.63, 3.8) is 0 Å². The molecule has 0 atom stereocenters. The molecule has 0 aliphatic carbocycles. The minimum absolute atomic E-state index is 0.188. The molecule has 2 rings (SSSR count). The van der Waals surface area contributed by atoms with Crippen molar-refractivity contribution in [3.8, 4) is 0 Å².